The highest BCUT2D eigenvalue weighted by Crippen LogP contribution is 2.25. The number of amides is 1. The van der Waals surface area contributed by atoms with Crippen molar-refractivity contribution in [2.75, 3.05) is 10.6 Å². The molecule has 0 bridgehead atoms. The molecule has 1 aromatic heterocycles. The van der Waals surface area contributed by atoms with Crippen LogP contribution < -0.4 is 10.6 Å². The average Bonchev–Trinajstić information content (AvgIpc) is 2.95. The molecule has 1 unspecified atom stereocenters. The summed E-state index contributed by atoms with van der Waals surface area (Å²) >= 11 is 0. The highest BCUT2D eigenvalue weighted by Gasteiger charge is 2.26. The zero-order valence-corrected chi connectivity index (χ0v) is 9.79. The van der Waals surface area contributed by atoms with E-state index < -0.39 is 0 Å². The minimum atomic E-state index is -0.286. The first kappa shape index (κ1) is 10.7. The SMILES string of the molecule is Cn1nnc(NC(=O)C2Cc3ccccc3N2)n1. The molecule has 7 heteroatoms. The third kappa shape index (κ3) is 1.90. The second-order valence-electron chi connectivity index (χ2n) is 4.15. The molecule has 2 N–H and O–H groups in total. The van der Waals surface area contributed by atoms with Gasteiger partial charge in [0, 0.05) is 12.1 Å². The summed E-state index contributed by atoms with van der Waals surface area (Å²) in [7, 11) is 1.65. The van der Waals surface area contributed by atoms with Crippen molar-refractivity contribution in [1.82, 2.24) is 20.2 Å². The Balaban J connectivity index is 1.69. The molecule has 3 rings (SSSR count). The summed E-state index contributed by atoms with van der Waals surface area (Å²) < 4.78 is 0. The molecule has 1 atom stereocenters. The highest BCUT2D eigenvalue weighted by atomic mass is 16.2. The minimum Gasteiger partial charge on any atom is -0.373 e. The van der Waals surface area contributed by atoms with Gasteiger partial charge in [0.05, 0.1) is 7.05 Å². The molecule has 1 aliphatic rings. The smallest absolute Gasteiger partial charge is 0.270 e. The number of rotatable bonds is 2. The number of nitrogens with zero attached hydrogens (tertiary/aromatic N) is 4. The molecule has 0 aliphatic carbocycles. The van der Waals surface area contributed by atoms with Crippen molar-refractivity contribution in [1.29, 1.82) is 0 Å². The highest BCUT2D eigenvalue weighted by molar-refractivity contribution is 5.96. The van der Waals surface area contributed by atoms with E-state index in [9.17, 15) is 4.79 Å². The number of aromatic nitrogens is 4. The third-order valence-electron chi connectivity index (χ3n) is 2.83. The summed E-state index contributed by atoms with van der Waals surface area (Å²) in [5.74, 6) is 0.0689. The van der Waals surface area contributed by atoms with E-state index in [4.69, 9.17) is 0 Å². The van der Waals surface area contributed by atoms with E-state index in [1.54, 1.807) is 7.05 Å². The monoisotopic (exact) mass is 244 g/mol. The number of carbonyl (C=O) groups excluding carboxylic acids is 1. The quantitative estimate of drug-likeness (QED) is 0.787. The summed E-state index contributed by atoms with van der Waals surface area (Å²) in [6.45, 7) is 0. The second kappa shape index (κ2) is 4.10. The number of aryl methyl sites for hydroxylation is 1. The first-order valence-electron chi connectivity index (χ1n) is 5.62. The van der Waals surface area contributed by atoms with Crippen LogP contribution >= 0.6 is 0 Å². The molecule has 0 radical (unpaired) electrons. The predicted molar refractivity (Wildman–Crippen MR) is 65.0 cm³/mol. The molecular weight excluding hydrogens is 232 g/mol. The van der Waals surface area contributed by atoms with Crippen molar-refractivity contribution in [2.45, 2.75) is 12.5 Å². The van der Waals surface area contributed by atoms with E-state index >= 15 is 0 Å². The molecular formula is C11H12N6O. The molecule has 0 saturated carbocycles. The average molecular weight is 244 g/mol. The Bertz CT molecular complexity index is 568. The van der Waals surface area contributed by atoms with Gasteiger partial charge in [-0.2, -0.15) is 4.80 Å². The number of anilines is 2. The number of carbonyl (C=O) groups is 1. The van der Waals surface area contributed by atoms with E-state index in [1.807, 2.05) is 24.3 Å². The van der Waals surface area contributed by atoms with Gasteiger partial charge in [-0.1, -0.05) is 23.3 Å². The fraction of sp³-hybridized carbons (Fsp3) is 0.273. The zero-order valence-electron chi connectivity index (χ0n) is 9.79. The normalized spacial score (nSPS) is 17.1. The van der Waals surface area contributed by atoms with Gasteiger partial charge in [0.2, 0.25) is 5.91 Å². The molecule has 92 valence electrons. The Morgan fingerprint density at radius 2 is 2.33 bits per heavy atom. The van der Waals surface area contributed by atoms with Gasteiger partial charge in [0.1, 0.15) is 6.04 Å². The van der Waals surface area contributed by atoms with Crippen molar-refractivity contribution >= 4 is 17.5 Å². The number of tetrazole rings is 1. The van der Waals surface area contributed by atoms with Crippen molar-refractivity contribution in [3.63, 3.8) is 0 Å². The third-order valence-corrected chi connectivity index (χ3v) is 2.83. The van der Waals surface area contributed by atoms with Crippen LogP contribution in [-0.2, 0) is 18.3 Å². The summed E-state index contributed by atoms with van der Waals surface area (Å²) in [5.41, 5.74) is 2.15. The van der Waals surface area contributed by atoms with Crippen molar-refractivity contribution < 1.29 is 4.79 Å². The minimum absolute atomic E-state index is 0.154. The molecule has 2 aromatic rings. The van der Waals surface area contributed by atoms with Gasteiger partial charge in [0.25, 0.3) is 5.95 Å². The van der Waals surface area contributed by atoms with Crippen LogP contribution in [0.15, 0.2) is 24.3 Å². The van der Waals surface area contributed by atoms with Crippen molar-refractivity contribution in [2.24, 2.45) is 7.05 Å². The number of para-hydroxylation sites is 1. The van der Waals surface area contributed by atoms with Crippen LogP contribution in [0.3, 0.4) is 0 Å². The Labute approximate surface area is 103 Å². The summed E-state index contributed by atoms with van der Waals surface area (Å²) in [6, 6.07) is 7.59. The Morgan fingerprint density at radius 1 is 1.50 bits per heavy atom. The van der Waals surface area contributed by atoms with Gasteiger partial charge >= 0.3 is 0 Å². The van der Waals surface area contributed by atoms with Gasteiger partial charge in [-0.25, -0.2) is 0 Å². The summed E-state index contributed by atoms with van der Waals surface area (Å²) in [6.07, 6.45) is 0.669. The Hall–Kier alpha value is -2.44. The van der Waals surface area contributed by atoms with Gasteiger partial charge in [0.15, 0.2) is 0 Å². The lowest BCUT2D eigenvalue weighted by Gasteiger charge is -2.09. The fourth-order valence-electron chi connectivity index (χ4n) is 1.99. The topological polar surface area (TPSA) is 84.7 Å². The number of benzene rings is 1. The lowest BCUT2D eigenvalue weighted by Crippen LogP contribution is -2.33. The van der Waals surface area contributed by atoms with Crippen LogP contribution in [0.2, 0.25) is 0 Å². The number of fused-ring (bicyclic) bond motifs is 1. The molecule has 0 saturated heterocycles. The number of hydrogen-bond acceptors (Lipinski definition) is 5. The van der Waals surface area contributed by atoms with E-state index in [1.165, 1.54) is 4.80 Å². The molecule has 1 aromatic carbocycles. The van der Waals surface area contributed by atoms with Gasteiger partial charge in [-0.05, 0) is 16.8 Å². The van der Waals surface area contributed by atoms with E-state index in [0.717, 1.165) is 11.3 Å². The van der Waals surface area contributed by atoms with E-state index in [-0.39, 0.29) is 17.9 Å². The van der Waals surface area contributed by atoms with Crippen molar-refractivity contribution in [3.8, 4) is 0 Å². The molecule has 18 heavy (non-hydrogen) atoms. The summed E-state index contributed by atoms with van der Waals surface area (Å²) in [4.78, 5) is 13.3. The zero-order chi connectivity index (χ0) is 12.5. The van der Waals surface area contributed by atoms with Crippen LogP contribution in [0.25, 0.3) is 0 Å². The fourth-order valence-corrected chi connectivity index (χ4v) is 1.99. The summed E-state index contributed by atoms with van der Waals surface area (Å²) in [5, 5.41) is 17.1. The predicted octanol–water partition coefficient (Wildman–Crippen LogP) is 0.185. The van der Waals surface area contributed by atoms with Gasteiger partial charge < -0.3 is 5.32 Å². The van der Waals surface area contributed by atoms with E-state index in [2.05, 4.69) is 26.0 Å². The largest absolute Gasteiger partial charge is 0.373 e. The molecule has 0 spiro atoms. The first-order valence-corrected chi connectivity index (χ1v) is 5.62. The van der Waals surface area contributed by atoms with Crippen LogP contribution in [0.5, 0.6) is 0 Å². The van der Waals surface area contributed by atoms with Crippen LogP contribution in [0.4, 0.5) is 11.6 Å². The van der Waals surface area contributed by atoms with Gasteiger partial charge in [-0.15, -0.1) is 5.10 Å². The van der Waals surface area contributed by atoms with Crippen LogP contribution in [0.1, 0.15) is 5.56 Å². The standard InChI is InChI=1S/C11H12N6O/c1-17-15-11(14-16-17)13-10(18)9-6-7-4-2-3-5-8(7)12-9/h2-5,9,12H,6H2,1H3,(H,13,15,18). The van der Waals surface area contributed by atoms with E-state index in [0.29, 0.717) is 6.42 Å². The molecule has 1 aliphatic heterocycles. The lowest BCUT2D eigenvalue weighted by molar-refractivity contribution is -0.116. The van der Waals surface area contributed by atoms with Crippen LogP contribution in [0, 0.1) is 0 Å². The number of hydrogen-bond donors (Lipinski definition) is 2. The lowest BCUT2D eigenvalue weighted by atomic mass is 10.1. The number of nitrogens with one attached hydrogen (secondary N) is 2. The Kier molecular flexibility index (Phi) is 2.44. The molecule has 7 nitrogen and oxygen atoms in total. The first-order chi connectivity index (χ1) is 8.72. The maximum absolute atomic E-state index is 12.0. The molecule has 2 heterocycles. The second-order valence-corrected chi connectivity index (χ2v) is 4.15. The van der Waals surface area contributed by atoms with Crippen LogP contribution in [-0.4, -0.2) is 32.2 Å². The van der Waals surface area contributed by atoms with Gasteiger partial charge in [-0.3, -0.25) is 10.1 Å². The van der Waals surface area contributed by atoms with Crippen molar-refractivity contribution in [3.05, 3.63) is 29.8 Å². The Morgan fingerprint density at radius 3 is 3.06 bits per heavy atom. The molecule has 1 amide bonds. The molecule has 0 fully saturated rings. The maximum atomic E-state index is 12.0. The maximum Gasteiger partial charge on any atom is 0.270 e.